The fourth-order valence-corrected chi connectivity index (χ4v) is 1.95. The molecule has 0 aliphatic carbocycles. The van der Waals surface area contributed by atoms with Gasteiger partial charge in [-0.1, -0.05) is 17.7 Å². The number of halogens is 1. The van der Waals surface area contributed by atoms with Gasteiger partial charge in [0.05, 0.1) is 12.2 Å². The Hall–Kier alpha value is -2.01. The Morgan fingerprint density at radius 1 is 1.45 bits per heavy atom. The van der Waals surface area contributed by atoms with E-state index in [1.165, 1.54) is 0 Å². The molecule has 0 saturated carbocycles. The van der Waals surface area contributed by atoms with Gasteiger partial charge in [-0.25, -0.2) is 4.79 Å². The minimum absolute atomic E-state index is 0.196. The maximum atomic E-state index is 12.0. The average molecular weight is 293 g/mol. The summed E-state index contributed by atoms with van der Waals surface area (Å²) in [6, 6.07) is 8.77. The summed E-state index contributed by atoms with van der Waals surface area (Å²) < 4.78 is 1.83. The van der Waals surface area contributed by atoms with Crippen LogP contribution < -0.4 is 5.32 Å². The second kappa shape index (κ2) is 6.43. The van der Waals surface area contributed by atoms with Crippen LogP contribution in [0.4, 0.5) is 10.5 Å². The number of hydrogen-bond donors (Lipinski definition) is 1. The molecule has 0 bridgehead atoms. The Morgan fingerprint density at radius 2 is 2.25 bits per heavy atom. The molecule has 0 saturated heterocycles. The summed E-state index contributed by atoms with van der Waals surface area (Å²) in [4.78, 5) is 13.6. The third-order valence-electron chi connectivity index (χ3n) is 2.84. The molecule has 1 aromatic carbocycles. The van der Waals surface area contributed by atoms with Gasteiger partial charge in [-0.2, -0.15) is 5.10 Å². The largest absolute Gasteiger partial charge is 0.322 e. The fourth-order valence-electron chi connectivity index (χ4n) is 1.76. The van der Waals surface area contributed by atoms with Crippen molar-refractivity contribution in [1.82, 2.24) is 14.7 Å². The van der Waals surface area contributed by atoms with Crippen molar-refractivity contribution >= 4 is 23.3 Å². The minimum atomic E-state index is -0.196. The summed E-state index contributed by atoms with van der Waals surface area (Å²) in [5, 5.41) is 7.73. The molecule has 0 aliphatic rings. The van der Waals surface area contributed by atoms with Crippen LogP contribution in [0.2, 0.25) is 5.02 Å². The monoisotopic (exact) mass is 292 g/mol. The quantitative estimate of drug-likeness (QED) is 0.940. The number of aromatic nitrogens is 2. The first-order chi connectivity index (χ1) is 9.58. The maximum absolute atomic E-state index is 12.0. The zero-order valence-electron chi connectivity index (χ0n) is 11.5. The number of nitrogens with one attached hydrogen (secondary N) is 1. The molecule has 6 heteroatoms. The minimum Gasteiger partial charge on any atom is -0.322 e. The molecule has 0 spiro atoms. The van der Waals surface area contributed by atoms with Crippen molar-refractivity contribution in [3.63, 3.8) is 0 Å². The lowest BCUT2D eigenvalue weighted by Gasteiger charge is -2.16. The predicted octanol–water partition coefficient (Wildman–Crippen LogP) is 3.22. The standard InChI is InChI=1S/C14H17ClN4O/c1-3-19-8-7-13(17-19)10-18(2)14(20)16-12-6-4-5-11(15)9-12/h4-9H,3,10H2,1-2H3,(H,16,20). The number of rotatable bonds is 4. The van der Waals surface area contributed by atoms with E-state index in [9.17, 15) is 4.79 Å². The first-order valence-electron chi connectivity index (χ1n) is 6.38. The molecule has 2 amide bonds. The maximum Gasteiger partial charge on any atom is 0.321 e. The number of amides is 2. The van der Waals surface area contributed by atoms with Gasteiger partial charge in [-0.15, -0.1) is 0 Å². The second-order valence-electron chi connectivity index (χ2n) is 4.46. The molecule has 0 radical (unpaired) electrons. The highest BCUT2D eigenvalue weighted by atomic mass is 35.5. The van der Waals surface area contributed by atoms with Gasteiger partial charge in [0.25, 0.3) is 0 Å². The SMILES string of the molecule is CCn1ccc(CN(C)C(=O)Nc2cccc(Cl)c2)n1. The molecule has 1 aromatic heterocycles. The molecule has 20 heavy (non-hydrogen) atoms. The van der Waals surface area contributed by atoms with Crippen LogP contribution in [-0.2, 0) is 13.1 Å². The van der Waals surface area contributed by atoms with Gasteiger partial charge in [0.15, 0.2) is 0 Å². The third kappa shape index (κ3) is 3.74. The van der Waals surface area contributed by atoms with Crippen LogP contribution in [0.15, 0.2) is 36.5 Å². The van der Waals surface area contributed by atoms with Crippen molar-refractivity contribution < 1.29 is 4.79 Å². The zero-order chi connectivity index (χ0) is 14.5. The van der Waals surface area contributed by atoms with E-state index in [0.717, 1.165) is 12.2 Å². The smallest absolute Gasteiger partial charge is 0.321 e. The molecule has 0 fully saturated rings. The summed E-state index contributed by atoms with van der Waals surface area (Å²) in [5.74, 6) is 0. The number of carbonyl (C=O) groups is 1. The molecule has 1 N–H and O–H groups in total. The lowest BCUT2D eigenvalue weighted by atomic mass is 10.3. The number of hydrogen-bond acceptors (Lipinski definition) is 2. The molecule has 5 nitrogen and oxygen atoms in total. The van der Waals surface area contributed by atoms with Gasteiger partial charge in [0, 0.05) is 30.5 Å². The number of urea groups is 1. The molecule has 0 aliphatic heterocycles. The van der Waals surface area contributed by atoms with E-state index in [1.807, 2.05) is 23.9 Å². The van der Waals surface area contributed by atoms with Gasteiger partial charge in [0.1, 0.15) is 0 Å². The van der Waals surface area contributed by atoms with Crippen LogP contribution in [0, 0.1) is 0 Å². The van der Waals surface area contributed by atoms with Crippen LogP contribution in [0.1, 0.15) is 12.6 Å². The van der Waals surface area contributed by atoms with Crippen LogP contribution in [0.5, 0.6) is 0 Å². The van der Waals surface area contributed by atoms with Crippen LogP contribution in [0.3, 0.4) is 0 Å². The van der Waals surface area contributed by atoms with Crippen LogP contribution >= 0.6 is 11.6 Å². The highest BCUT2D eigenvalue weighted by Crippen LogP contribution is 2.15. The normalized spacial score (nSPS) is 10.3. The van der Waals surface area contributed by atoms with Gasteiger partial charge in [-0.3, -0.25) is 4.68 Å². The van der Waals surface area contributed by atoms with Gasteiger partial charge >= 0.3 is 6.03 Å². The number of anilines is 1. The lowest BCUT2D eigenvalue weighted by molar-refractivity contribution is 0.220. The molecule has 1 heterocycles. The van der Waals surface area contributed by atoms with E-state index in [-0.39, 0.29) is 6.03 Å². The van der Waals surface area contributed by atoms with E-state index >= 15 is 0 Å². The number of nitrogens with zero attached hydrogens (tertiary/aromatic N) is 3. The zero-order valence-corrected chi connectivity index (χ0v) is 12.3. The highest BCUT2D eigenvalue weighted by molar-refractivity contribution is 6.30. The predicted molar refractivity (Wildman–Crippen MR) is 79.8 cm³/mol. The highest BCUT2D eigenvalue weighted by Gasteiger charge is 2.11. The molecule has 2 aromatic rings. The fraction of sp³-hybridized carbons (Fsp3) is 0.286. The van der Waals surface area contributed by atoms with E-state index in [4.69, 9.17) is 11.6 Å². The summed E-state index contributed by atoms with van der Waals surface area (Å²) in [6.45, 7) is 3.30. The molecule has 106 valence electrons. The Balaban J connectivity index is 1.95. The number of benzene rings is 1. The van der Waals surface area contributed by atoms with Crippen molar-refractivity contribution in [3.05, 3.63) is 47.2 Å². The van der Waals surface area contributed by atoms with E-state index in [1.54, 1.807) is 36.2 Å². The first kappa shape index (κ1) is 14.4. The molecular weight excluding hydrogens is 276 g/mol. The van der Waals surface area contributed by atoms with Crippen molar-refractivity contribution in [2.45, 2.75) is 20.0 Å². The van der Waals surface area contributed by atoms with E-state index in [2.05, 4.69) is 10.4 Å². The van der Waals surface area contributed by atoms with Crippen molar-refractivity contribution in [2.24, 2.45) is 0 Å². The van der Waals surface area contributed by atoms with E-state index in [0.29, 0.717) is 17.3 Å². The summed E-state index contributed by atoms with van der Waals surface area (Å²) in [7, 11) is 1.73. The summed E-state index contributed by atoms with van der Waals surface area (Å²) in [6.07, 6.45) is 1.90. The molecular formula is C14H17ClN4O. The Morgan fingerprint density at radius 3 is 2.90 bits per heavy atom. The average Bonchev–Trinajstić information content (AvgIpc) is 2.86. The Kier molecular flexibility index (Phi) is 4.63. The molecule has 0 unspecified atom stereocenters. The van der Waals surface area contributed by atoms with Crippen molar-refractivity contribution in [2.75, 3.05) is 12.4 Å². The van der Waals surface area contributed by atoms with Gasteiger partial charge in [0.2, 0.25) is 0 Å². The topological polar surface area (TPSA) is 50.2 Å². The van der Waals surface area contributed by atoms with Crippen LogP contribution in [0.25, 0.3) is 0 Å². The molecule has 0 atom stereocenters. The van der Waals surface area contributed by atoms with Gasteiger partial charge < -0.3 is 10.2 Å². The number of carbonyl (C=O) groups excluding carboxylic acids is 1. The van der Waals surface area contributed by atoms with E-state index < -0.39 is 0 Å². The third-order valence-corrected chi connectivity index (χ3v) is 3.08. The molecule has 2 rings (SSSR count). The van der Waals surface area contributed by atoms with Crippen molar-refractivity contribution in [3.8, 4) is 0 Å². The Labute approximate surface area is 123 Å². The van der Waals surface area contributed by atoms with Crippen LogP contribution in [-0.4, -0.2) is 27.8 Å². The second-order valence-corrected chi connectivity index (χ2v) is 4.90. The van der Waals surface area contributed by atoms with Gasteiger partial charge in [-0.05, 0) is 31.2 Å². The summed E-state index contributed by atoms with van der Waals surface area (Å²) >= 11 is 5.88. The first-order valence-corrected chi connectivity index (χ1v) is 6.76. The van der Waals surface area contributed by atoms with Crippen molar-refractivity contribution in [1.29, 1.82) is 0 Å². The Bertz CT molecular complexity index is 596. The lowest BCUT2D eigenvalue weighted by Crippen LogP contribution is -2.31. The number of aryl methyl sites for hydroxylation is 1. The summed E-state index contributed by atoms with van der Waals surface area (Å²) in [5.41, 5.74) is 1.53.